The van der Waals surface area contributed by atoms with Gasteiger partial charge in [0, 0.05) is 18.8 Å². The second-order valence-electron chi connectivity index (χ2n) is 1.94. The molecule has 0 bridgehead atoms. The molecule has 0 aliphatic rings. The third-order valence-electron chi connectivity index (χ3n) is 0.802. The molecule has 0 aliphatic heterocycles. The van der Waals surface area contributed by atoms with Crippen LogP contribution in [0.5, 0.6) is 0 Å². The number of rotatable bonds is 5. The number of allylic oxidation sites excluding steroid dienone is 1. The van der Waals surface area contributed by atoms with Gasteiger partial charge >= 0.3 is 0 Å². The summed E-state index contributed by atoms with van der Waals surface area (Å²) in [6, 6.07) is 0. The van der Waals surface area contributed by atoms with Crippen molar-refractivity contribution in [1.29, 1.82) is 0 Å². The number of hydrogen-bond acceptors (Lipinski definition) is 3. The molecule has 54 valence electrons. The molecule has 9 heavy (non-hydrogen) atoms. The van der Waals surface area contributed by atoms with Gasteiger partial charge in [-0.2, -0.15) is 0 Å². The molecule has 0 atom stereocenters. The van der Waals surface area contributed by atoms with Crippen molar-refractivity contribution < 1.29 is 0 Å². The predicted octanol–water partition coefficient (Wildman–Crippen LogP) is -0.166. The SMILES string of the molecule is C=C(C)NNCCNC. The molecule has 3 N–H and O–H groups in total. The first-order valence-corrected chi connectivity index (χ1v) is 3.06. The van der Waals surface area contributed by atoms with Crippen molar-refractivity contribution in [2.24, 2.45) is 0 Å². The standard InChI is InChI=1S/C6H15N3/c1-6(2)9-8-5-4-7-3/h7-9H,1,4-5H2,2-3H3. The first kappa shape index (κ1) is 8.46. The van der Waals surface area contributed by atoms with E-state index in [1.165, 1.54) is 0 Å². The Morgan fingerprint density at radius 2 is 2.11 bits per heavy atom. The Morgan fingerprint density at radius 3 is 2.56 bits per heavy atom. The van der Waals surface area contributed by atoms with Crippen LogP contribution in [0.1, 0.15) is 6.92 Å². The minimum absolute atomic E-state index is 0.906. The smallest absolute Gasteiger partial charge is 0.0273 e. The van der Waals surface area contributed by atoms with Crippen molar-refractivity contribution in [2.45, 2.75) is 6.92 Å². The number of likely N-dealkylation sites (N-methyl/N-ethyl adjacent to an activating group) is 1. The van der Waals surface area contributed by atoms with E-state index in [1.807, 2.05) is 14.0 Å². The maximum atomic E-state index is 3.66. The van der Waals surface area contributed by atoms with Crippen LogP contribution < -0.4 is 16.2 Å². The lowest BCUT2D eigenvalue weighted by molar-refractivity contribution is 0.583. The van der Waals surface area contributed by atoms with E-state index < -0.39 is 0 Å². The Balaban J connectivity index is 2.83. The summed E-state index contributed by atoms with van der Waals surface area (Å²) in [7, 11) is 1.92. The van der Waals surface area contributed by atoms with Crippen LogP contribution in [0.4, 0.5) is 0 Å². The van der Waals surface area contributed by atoms with Gasteiger partial charge in [0.05, 0.1) is 0 Å². The van der Waals surface area contributed by atoms with E-state index in [2.05, 4.69) is 22.7 Å². The van der Waals surface area contributed by atoms with E-state index in [4.69, 9.17) is 0 Å². The van der Waals surface area contributed by atoms with Crippen molar-refractivity contribution in [3.63, 3.8) is 0 Å². The molecule has 3 heteroatoms. The lowest BCUT2D eigenvalue weighted by Crippen LogP contribution is -2.34. The Labute approximate surface area is 56.5 Å². The van der Waals surface area contributed by atoms with E-state index in [0.717, 1.165) is 18.8 Å². The maximum absolute atomic E-state index is 3.66. The fourth-order valence-electron chi connectivity index (χ4n) is 0.401. The third-order valence-corrected chi connectivity index (χ3v) is 0.802. The van der Waals surface area contributed by atoms with Gasteiger partial charge in [0.15, 0.2) is 0 Å². The molecule has 0 aliphatic carbocycles. The fraction of sp³-hybridized carbons (Fsp3) is 0.667. The van der Waals surface area contributed by atoms with Crippen LogP contribution >= 0.6 is 0 Å². The Hall–Kier alpha value is -0.540. The van der Waals surface area contributed by atoms with Crippen LogP contribution in [0.3, 0.4) is 0 Å². The zero-order valence-corrected chi connectivity index (χ0v) is 6.12. The molecule has 0 radical (unpaired) electrons. The van der Waals surface area contributed by atoms with E-state index in [1.54, 1.807) is 0 Å². The van der Waals surface area contributed by atoms with Crippen molar-refractivity contribution >= 4 is 0 Å². The summed E-state index contributed by atoms with van der Waals surface area (Å²) in [5.41, 5.74) is 6.81. The molecule has 0 unspecified atom stereocenters. The highest BCUT2D eigenvalue weighted by Gasteiger charge is 1.80. The van der Waals surface area contributed by atoms with Crippen LogP contribution in [0.2, 0.25) is 0 Å². The number of nitrogens with one attached hydrogen (secondary N) is 3. The van der Waals surface area contributed by atoms with Gasteiger partial charge in [-0.3, -0.25) is 0 Å². The molecule has 0 spiro atoms. The minimum Gasteiger partial charge on any atom is -0.326 e. The zero-order chi connectivity index (χ0) is 7.11. The van der Waals surface area contributed by atoms with Crippen molar-refractivity contribution in [3.05, 3.63) is 12.3 Å². The maximum Gasteiger partial charge on any atom is 0.0273 e. The Bertz CT molecular complexity index is 80.4. The molecule has 0 rings (SSSR count). The number of hydrogen-bond donors (Lipinski definition) is 3. The van der Waals surface area contributed by atoms with Crippen LogP contribution in [0, 0.1) is 0 Å². The molecule has 0 aromatic heterocycles. The average molecular weight is 129 g/mol. The first-order valence-electron chi connectivity index (χ1n) is 3.06. The summed E-state index contributed by atoms with van der Waals surface area (Å²) in [5, 5.41) is 3.01. The first-order chi connectivity index (χ1) is 4.27. The van der Waals surface area contributed by atoms with E-state index in [-0.39, 0.29) is 0 Å². The quantitative estimate of drug-likeness (QED) is 0.356. The fourth-order valence-corrected chi connectivity index (χ4v) is 0.401. The highest BCUT2D eigenvalue weighted by Crippen LogP contribution is 1.70. The monoisotopic (exact) mass is 129 g/mol. The van der Waals surface area contributed by atoms with Crippen LogP contribution in [-0.4, -0.2) is 20.1 Å². The molecule has 0 aromatic rings. The molecule has 0 aromatic carbocycles. The second-order valence-corrected chi connectivity index (χ2v) is 1.94. The van der Waals surface area contributed by atoms with Crippen LogP contribution in [0.25, 0.3) is 0 Å². The summed E-state index contributed by atoms with van der Waals surface area (Å²) in [4.78, 5) is 0. The highest BCUT2D eigenvalue weighted by molar-refractivity contribution is 4.81. The lowest BCUT2D eigenvalue weighted by Gasteiger charge is -2.05. The van der Waals surface area contributed by atoms with Crippen molar-refractivity contribution in [1.82, 2.24) is 16.2 Å². The van der Waals surface area contributed by atoms with Gasteiger partial charge in [0.2, 0.25) is 0 Å². The summed E-state index contributed by atoms with van der Waals surface area (Å²) in [5.74, 6) is 0. The highest BCUT2D eigenvalue weighted by atomic mass is 15.4. The Kier molecular flexibility index (Phi) is 5.26. The van der Waals surface area contributed by atoms with Crippen LogP contribution in [0.15, 0.2) is 12.3 Å². The van der Waals surface area contributed by atoms with Crippen molar-refractivity contribution in [3.8, 4) is 0 Å². The van der Waals surface area contributed by atoms with Gasteiger partial charge in [-0.05, 0) is 14.0 Å². The second kappa shape index (κ2) is 5.59. The van der Waals surface area contributed by atoms with Gasteiger partial charge in [0.1, 0.15) is 0 Å². The van der Waals surface area contributed by atoms with E-state index in [0.29, 0.717) is 0 Å². The largest absolute Gasteiger partial charge is 0.326 e. The molecule has 0 heterocycles. The van der Waals surface area contributed by atoms with Crippen molar-refractivity contribution in [2.75, 3.05) is 20.1 Å². The van der Waals surface area contributed by atoms with Gasteiger partial charge in [0.25, 0.3) is 0 Å². The van der Waals surface area contributed by atoms with E-state index >= 15 is 0 Å². The molecular weight excluding hydrogens is 114 g/mol. The van der Waals surface area contributed by atoms with Gasteiger partial charge in [-0.25, -0.2) is 5.43 Å². The predicted molar refractivity (Wildman–Crippen MR) is 39.9 cm³/mol. The molecular formula is C6H15N3. The number of hydrazine groups is 1. The van der Waals surface area contributed by atoms with E-state index in [9.17, 15) is 0 Å². The topological polar surface area (TPSA) is 36.1 Å². The summed E-state index contributed by atoms with van der Waals surface area (Å²) >= 11 is 0. The molecule has 0 fully saturated rings. The lowest BCUT2D eigenvalue weighted by atomic mass is 10.6. The minimum atomic E-state index is 0.906. The average Bonchev–Trinajstić information content (AvgIpc) is 1.80. The normalized spacial score (nSPS) is 9.11. The van der Waals surface area contributed by atoms with Gasteiger partial charge < -0.3 is 10.7 Å². The third kappa shape index (κ3) is 7.46. The summed E-state index contributed by atoms with van der Waals surface area (Å²) < 4.78 is 0. The molecule has 0 amide bonds. The van der Waals surface area contributed by atoms with Gasteiger partial charge in [-0.1, -0.05) is 6.58 Å². The molecule has 0 saturated carbocycles. The zero-order valence-electron chi connectivity index (χ0n) is 6.12. The molecule has 0 saturated heterocycles. The summed E-state index contributed by atoms with van der Waals surface area (Å²) in [6.07, 6.45) is 0. The summed E-state index contributed by atoms with van der Waals surface area (Å²) in [6.45, 7) is 7.43. The van der Waals surface area contributed by atoms with Gasteiger partial charge in [-0.15, -0.1) is 0 Å². The van der Waals surface area contributed by atoms with Crippen LogP contribution in [-0.2, 0) is 0 Å². The molecule has 3 nitrogen and oxygen atoms in total. The Morgan fingerprint density at radius 1 is 1.44 bits per heavy atom.